The van der Waals surface area contributed by atoms with E-state index in [0.29, 0.717) is 11.3 Å². The van der Waals surface area contributed by atoms with E-state index in [1.54, 1.807) is 0 Å². The number of nitriles is 1. The Morgan fingerprint density at radius 2 is 1.20 bits per heavy atom. The van der Waals surface area contributed by atoms with Crippen LogP contribution >= 0.6 is 0 Å². The van der Waals surface area contributed by atoms with Gasteiger partial charge in [-0.25, -0.2) is 4.85 Å². The maximum atomic E-state index is 10.4. The molecular weight excluding hydrogens is 601 g/mol. The summed E-state index contributed by atoms with van der Waals surface area (Å²) in [6.45, 7) is 7.51. The minimum Gasteiger partial charge on any atom is -0.455 e. The summed E-state index contributed by atoms with van der Waals surface area (Å²) in [5, 5.41) is 16.9. The molecule has 0 radical (unpaired) electrons. The molecule has 0 bridgehead atoms. The lowest BCUT2D eigenvalue weighted by Crippen LogP contribution is -1.96. The molecule has 3 heterocycles. The van der Waals surface area contributed by atoms with Gasteiger partial charge < -0.3 is 13.6 Å². The molecule has 0 aliphatic carbocycles. The van der Waals surface area contributed by atoms with Gasteiger partial charge >= 0.3 is 0 Å². The average Bonchev–Trinajstić information content (AvgIpc) is 3.82. The lowest BCUT2D eigenvalue weighted by Gasteiger charge is -2.12. The van der Waals surface area contributed by atoms with Crippen molar-refractivity contribution in [1.29, 1.82) is 5.26 Å². The molecular formula is C44H24N4O. The number of para-hydroxylation sites is 3. The molecule has 49 heavy (non-hydrogen) atoms. The number of fused-ring (bicyclic) bond motifs is 10. The first-order valence-electron chi connectivity index (χ1n) is 16.1. The molecule has 226 valence electrons. The van der Waals surface area contributed by atoms with Crippen LogP contribution in [-0.4, -0.2) is 9.13 Å². The maximum absolute atomic E-state index is 10.4. The molecule has 7 aromatic carbocycles. The lowest BCUT2D eigenvalue weighted by atomic mass is 9.99. The van der Waals surface area contributed by atoms with Gasteiger partial charge in [0.15, 0.2) is 5.69 Å². The maximum Gasteiger partial charge on any atom is 0.188 e. The largest absolute Gasteiger partial charge is 0.455 e. The van der Waals surface area contributed by atoms with Crippen LogP contribution in [-0.2, 0) is 0 Å². The van der Waals surface area contributed by atoms with Crippen LogP contribution in [0.3, 0.4) is 0 Å². The van der Waals surface area contributed by atoms with Crippen LogP contribution < -0.4 is 0 Å². The smallest absolute Gasteiger partial charge is 0.188 e. The topological polar surface area (TPSA) is 51.1 Å². The molecule has 10 rings (SSSR count). The van der Waals surface area contributed by atoms with Crippen molar-refractivity contribution in [2.45, 2.75) is 0 Å². The fraction of sp³-hybridized carbons (Fsp3) is 0. The molecule has 0 atom stereocenters. The van der Waals surface area contributed by atoms with Gasteiger partial charge in [0.2, 0.25) is 0 Å². The van der Waals surface area contributed by atoms with E-state index in [2.05, 4.69) is 111 Å². The fourth-order valence-corrected chi connectivity index (χ4v) is 7.63. The molecule has 0 amide bonds. The second-order valence-electron chi connectivity index (χ2n) is 12.3. The summed E-state index contributed by atoms with van der Waals surface area (Å²) < 4.78 is 10.9. The monoisotopic (exact) mass is 624 g/mol. The van der Waals surface area contributed by atoms with Crippen LogP contribution in [0.25, 0.3) is 92.9 Å². The average molecular weight is 625 g/mol. The molecule has 5 heteroatoms. The van der Waals surface area contributed by atoms with Crippen molar-refractivity contribution in [1.82, 2.24) is 9.13 Å². The molecule has 0 aliphatic rings. The summed E-state index contributed by atoms with van der Waals surface area (Å²) in [4.78, 5) is 3.65. The van der Waals surface area contributed by atoms with Crippen molar-refractivity contribution in [2.75, 3.05) is 0 Å². The number of nitrogens with zero attached hydrogens (tertiary/aromatic N) is 4. The third-order valence-corrected chi connectivity index (χ3v) is 9.78. The van der Waals surface area contributed by atoms with Crippen molar-refractivity contribution < 1.29 is 4.42 Å². The zero-order valence-electron chi connectivity index (χ0n) is 26.1. The van der Waals surface area contributed by atoms with Crippen molar-refractivity contribution in [3.63, 3.8) is 0 Å². The SMILES string of the molecule is [C-]#[N+]c1ccc2c(c1)c1ccccc1n2-c1ccc(-c2ccc(-n3c4ccccc4c4c5oc6ccccc6c5ccc43)cc2)c(C#N)c1. The highest BCUT2D eigenvalue weighted by Gasteiger charge is 2.19. The lowest BCUT2D eigenvalue weighted by molar-refractivity contribution is 0.673. The van der Waals surface area contributed by atoms with Crippen LogP contribution in [0.4, 0.5) is 5.69 Å². The molecule has 10 aromatic rings. The van der Waals surface area contributed by atoms with Gasteiger partial charge in [-0.1, -0.05) is 78.9 Å². The number of furan rings is 1. The van der Waals surface area contributed by atoms with E-state index < -0.39 is 0 Å². The molecule has 0 N–H and O–H groups in total. The van der Waals surface area contributed by atoms with Gasteiger partial charge in [-0.05, 0) is 83.2 Å². The molecule has 3 aromatic heterocycles. The number of hydrogen-bond donors (Lipinski definition) is 0. The van der Waals surface area contributed by atoms with E-state index in [1.807, 2.05) is 54.6 Å². The first kappa shape index (κ1) is 27.1. The van der Waals surface area contributed by atoms with Crippen molar-refractivity contribution in [3.8, 4) is 28.6 Å². The normalized spacial score (nSPS) is 11.6. The Bertz CT molecular complexity index is 3070. The molecule has 0 saturated carbocycles. The van der Waals surface area contributed by atoms with E-state index in [0.717, 1.165) is 88.1 Å². The van der Waals surface area contributed by atoms with Crippen LogP contribution in [0.15, 0.2) is 150 Å². The second-order valence-corrected chi connectivity index (χ2v) is 12.3. The van der Waals surface area contributed by atoms with Gasteiger partial charge in [0, 0.05) is 32.9 Å². The zero-order valence-corrected chi connectivity index (χ0v) is 26.1. The van der Waals surface area contributed by atoms with Crippen LogP contribution in [0.2, 0.25) is 0 Å². The molecule has 0 aliphatic heterocycles. The minimum absolute atomic E-state index is 0.595. The first-order valence-corrected chi connectivity index (χ1v) is 16.1. The van der Waals surface area contributed by atoms with Gasteiger partial charge in [0.1, 0.15) is 11.2 Å². The Balaban J connectivity index is 1.10. The predicted molar refractivity (Wildman–Crippen MR) is 199 cm³/mol. The van der Waals surface area contributed by atoms with Gasteiger partial charge in [0.05, 0.1) is 45.7 Å². The summed E-state index contributed by atoms with van der Waals surface area (Å²) >= 11 is 0. The van der Waals surface area contributed by atoms with E-state index in [4.69, 9.17) is 11.0 Å². The first-order chi connectivity index (χ1) is 24.2. The van der Waals surface area contributed by atoms with Crippen molar-refractivity contribution in [2.24, 2.45) is 0 Å². The van der Waals surface area contributed by atoms with Crippen molar-refractivity contribution >= 4 is 71.2 Å². The number of hydrogen-bond acceptors (Lipinski definition) is 2. The van der Waals surface area contributed by atoms with Gasteiger partial charge in [-0.15, -0.1) is 0 Å². The van der Waals surface area contributed by atoms with Gasteiger partial charge in [-0.2, -0.15) is 5.26 Å². The highest BCUT2D eigenvalue weighted by atomic mass is 16.3. The van der Waals surface area contributed by atoms with E-state index >= 15 is 0 Å². The third kappa shape index (κ3) is 3.85. The van der Waals surface area contributed by atoms with Gasteiger partial charge in [0.25, 0.3) is 0 Å². The van der Waals surface area contributed by atoms with Crippen LogP contribution in [0.1, 0.15) is 5.56 Å². The Morgan fingerprint density at radius 1 is 0.551 bits per heavy atom. The van der Waals surface area contributed by atoms with Crippen LogP contribution in [0, 0.1) is 17.9 Å². The second kappa shape index (κ2) is 10.2. The molecule has 0 fully saturated rings. The standard InChI is InChI=1S/C44H24N4O/c1-46-29-16-22-40-37(25-29)33-8-2-5-11-38(33)48(40)31-19-20-32(28(24-31)26-45)27-14-17-30(18-15-27)47-39-12-6-3-10-36(39)43-41(47)23-21-35-34-9-4-7-13-42(34)49-44(35)43/h2-25H. The number of rotatable bonds is 3. The molecule has 0 saturated heterocycles. The minimum atomic E-state index is 0.595. The predicted octanol–water partition coefficient (Wildman–Crippen LogP) is 11.9. The quantitative estimate of drug-likeness (QED) is 0.184. The highest BCUT2D eigenvalue weighted by molar-refractivity contribution is 6.23. The highest BCUT2D eigenvalue weighted by Crippen LogP contribution is 2.41. The van der Waals surface area contributed by atoms with E-state index in [9.17, 15) is 5.26 Å². The Labute approximate surface area is 280 Å². The summed E-state index contributed by atoms with van der Waals surface area (Å²) in [7, 11) is 0. The molecule has 0 spiro atoms. The number of benzene rings is 7. The Morgan fingerprint density at radius 3 is 2.00 bits per heavy atom. The molecule has 5 nitrogen and oxygen atoms in total. The summed E-state index contributed by atoms with van der Waals surface area (Å²) in [5.74, 6) is 0. The summed E-state index contributed by atoms with van der Waals surface area (Å²) in [6.07, 6.45) is 0. The Kier molecular flexibility index (Phi) is 5.64. The fourth-order valence-electron chi connectivity index (χ4n) is 7.63. The third-order valence-electron chi connectivity index (χ3n) is 9.78. The van der Waals surface area contributed by atoms with E-state index in [-0.39, 0.29) is 0 Å². The van der Waals surface area contributed by atoms with Crippen LogP contribution in [0.5, 0.6) is 0 Å². The van der Waals surface area contributed by atoms with Crippen molar-refractivity contribution in [3.05, 3.63) is 163 Å². The summed E-state index contributed by atoms with van der Waals surface area (Å²) in [5.41, 5.74) is 11.0. The summed E-state index contributed by atoms with van der Waals surface area (Å²) in [6, 6.07) is 52.0. The van der Waals surface area contributed by atoms with E-state index in [1.165, 1.54) is 0 Å². The zero-order chi connectivity index (χ0) is 32.6. The number of aromatic nitrogens is 2. The molecule has 0 unspecified atom stereocenters. The van der Waals surface area contributed by atoms with Gasteiger partial charge in [-0.3, -0.25) is 0 Å². The Hall–Kier alpha value is -7.08.